The Kier molecular flexibility index (Phi) is 3.26. The van der Waals surface area contributed by atoms with E-state index in [1.165, 1.54) is 6.42 Å². The van der Waals surface area contributed by atoms with Gasteiger partial charge in [-0.3, -0.25) is 9.69 Å². The summed E-state index contributed by atoms with van der Waals surface area (Å²) in [7, 11) is 2.12. The molecule has 4 heteroatoms. The van der Waals surface area contributed by atoms with E-state index in [4.69, 9.17) is 0 Å². The summed E-state index contributed by atoms with van der Waals surface area (Å²) < 4.78 is 0. The second-order valence-corrected chi connectivity index (χ2v) is 4.66. The molecule has 86 valence electrons. The first-order valence-corrected chi connectivity index (χ1v) is 5.94. The highest BCUT2D eigenvalue weighted by molar-refractivity contribution is 5.82. The molecule has 0 radical (unpaired) electrons. The number of rotatable bonds is 1. The first-order chi connectivity index (χ1) is 7.20. The summed E-state index contributed by atoms with van der Waals surface area (Å²) in [6.45, 7) is 4.96. The SMILES string of the molecule is CC1NCCCN(C2CCCN2C)C1=O. The number of likely N-dealkylation sites (tertiary alicyclic amines) is 1. The van der Waals surface area contributed by atoms with Crippen LogP contribution in [0.4, 0.5) is 0 Å². The van der Waals surface area contributed by atoms with Crippen LogP contribution in [0.3, 0.4) is 0 Å². The van der Waals surface area contributed by atoms with Crippen molar-refractivity contribution in [1.29, 1.82) is 0 Å². The smallest absolute Gasteiger partial charge is 0.240 e. The molecule has 0 aromatic carbocycles. The third-order valence-corrected chi connectivity index (χ3v) is 3.52. The number of nitrogens with one attached hydrogen (secondary N) is 1. The average molecular weight is 211 g/mol. The maximum absolute atomic E-state index is 12.1. The third-order valence-electron chi connectivity index (χ3n) is 3.52. The van der Waals surface area contributed by atoms with Crippen molar-refractivity contribution in [3.8, 4) is 0 Å². The van der Waals surface area contributed by atoms with Crippen molar-refractivity contribution in [2.75, 3.05) is 26.7 Å². The molecule has 1 amide bonds. The van der Waals surface area contributed by atoms with Crippen molar-refractivity contribution in [1.82, 2.24) is 15.1 Å². The maximum Gasteiger partial charge on any atom is 0.240 e. The van der Waals surface area contributed by atoms with Gasteiger partial charge in [0.25, 0.3) is 0 Å². The van der Waals surface area contributed by atoms with E-state index < -0.39 is 0 Å². The van der Waals surface area contributed by atoms with Gasteiger partial charge in [-0.1, -0.05) is 0 Å². The third kappa shape index (κ3) is 2.16. The van der Waals surface area contributed by atoms with Crippen LogP contribution in [-0.4, -0.2) is 54.6 Å². The number of amides is 1. The lowest BCUT2D eigenvalue weighted by Crippen LogP contribution is -2.50. The van der Waals surface area contributed by atoms with Gasteiger partial charge in [-0.05, 0) is 46.3 Å². The lowest BCUT2D eigenvalue weighted by Gasteiger charge is -2.33. The monoisotopic (exact) mass is 211 g/mol. The lowest BCUT2D eigenvalue weighted by atomic mass is 10.2. The Morgan fingerprint density at radius 3 is 2.80 bits per heavy atom. The van der Waals surface area contributed by atoms with Crippen LogP contribution in [0.25, 0.3) is 0 Å². The number of carbonyl (C=O) groups is 1. The molecule has 0 aliphatic carbocycles. The van der Waals surface area contributed by atoms with Gasteiger partial charge in [-0.25, -0.2) is 0 Å². The van der Waals surface area contributed by atoms with Gasteiger partial charge in [0.15, 0.2) is 0 Å². The van der Waals surface area contributed by atoms with E-state index >= 15 is 0 Å². The summed E-state index contributed by atoms with van der Waals surface area (Å²) >= 11 is 0. The average Bonchev–Trinajstić information content (AvgIpc) is 2.56. The summed E-state index contributed by atoms with van der Waals surface area (Å²) in [5.41, 5.74) is 0. The number of nitrogens with zero attached hydrogens (tertiary/aromatic N) is 2. The molecule has 2 heterocycles. The zero-order chi connectivity index (χ0) is 10.8. The largest absolute Gasteiger partial charge is 0.326 e. The minimum atomic E-state index is -0.0125. The first-order valence-electron chi connectivity index (χ1n) is 5.94. The molecular formula is C11H21N3O. The summed E-state index contributed by atoms with van der Waals surface area (Å²) in [6, 6.07) is -0.0125. The van der Waals surface area contributed by atoms with Crippen molar-refractivity contribution in [3.63, 3.8) is 0 Å². The standard InChI is InChI=1S/C11H21N3O/c1-9-11(15)14(8-4-6-12-9)10-5-3-7-13(10)2/h9-10,12H,3-8H2,1-2H3. The summed E-state index contributed by atoms with van der Waals surface area (Å²) in [5, 5.41) is 3.25. The van der Waals surface area contributed by atoms with E-state index in [0.29, 0.717) is 6.17 Å². The van der Waals surface area contributed by atoms with Crippen LogP contribution in [0.5, 0.6) is 0 Å². The van der Waals surface area contributed by atoms with Gasteiger partial charge in [0.2, 0.25) is 5.91 Å². The van der Waals surface area contributed by atoms with E-state index in [1.807, 2.05) is 6.92 Å². The highest BCUT2D eigenvalue weighted by Gasteiger charge is 2.33. The highest BCUT2D eigenvalue weighted by Crippen LogP contribution is 2.20. The number of hydrogen-bond acceptors (Lipinski definition) is 3. The van der Waals surface area contributed by atoms with Gasteiger partial charge in [0, 0.05) is 6.54 Å². The van der Waals surface area contributed by atoms with Crippen LogP contribution >= 0.6 is 0 Å². The van der Waals surface area contributed by atoms with Crippen LogP contribution in [-0.2, 0) is 4.79 Å². The maximum atomic E-state index is 12.1. The van der Waals surface area contributed by atoms with Crippen molar-refractivity contribution in [3.05, 3.63) is 0 Å². The molecule has 2 saturated heterocycles. The van der Waals surface area contributed by atoms with Crippen molar-refractivity contribution < 1.29 is 4.79 Å². The van der Waals surface area contributed by atoms with Crippen molar-refractivity contribution in [2.45, 2.75) is 38.4 Å². The predicted molar refractivity (Wildman–Crippen MR) is 59.4 cm³/mol. The van der Waals surface area contributed by atoms with E-state index in [-0.39, 0.29) is 11.9 Å². The topological polar surface area (TPSA) is 35.6 Å². The van der Waals surface area contributed by atoms with Gasteiger partial charge in [0.1, 0.15) is 0 Å². The Labute approximate surface area is 91.6 Å². The van der Waals surface area contributed by atoms with Gasteiger partial charge >= 0.3 is 0 Å². The molecule has 2 unspecified atom stereocenters. The Morgan fingerprint density at radius 2 is 2.13 bits per heavy atom. The zero-order valence-electron chi connectivity index (χ0n) is 9.70. The molecule has 2 rings (SSSR count). The van der Waals surface area contributed by atoms with Gasteiger partial charge < -0.3 is 10.2 Å². The van der Waals surface area contributed by atoms with Gasteiger partial charge in [0.05, 0.1) is 12.2 Å². The van der Waals surface area contributed by atoms with Gasteiger partial charge in [-0.2, -0.15) is 0 Å². The van der Waals surface area contributed by atoms with E-state index in [9.17, 15) is 4.79 Å². The summed E-state index contributed by atoms with van der Waals surface area (Å²) in [6.07, 6.45) is 3.77. The van der Waals surface area contributed by atoms with Crippen LogP contribution in [0.15, 0.2) is 0 Å². The molecule has 2 aliphatic heterocycles. The first kappa shape index (κ1) is 10.9. The van der Waals surface area contributed by atoms with Crippen LogP contribution in [0, 0.1) is 0 Å². The molecule has 4 nitrogen and oxygen atoms in total. The van der Waals surface area contributed by atoms with E-state index in [1.54, 1.807) is 0 Å². The Bertz CT molecular complexity index is 244. The molecule has 0 saturated carbocycles. The minimum absolute atomic E-state index is 0.0125. The molecule has 15 heavy (non-hydrogen) atoms. The minimum Gasteiger partial charge on any atom is -0.326 e. The number of carbonyl (C=O) groups excluding carboxylic acids is 1. The summed E-state index contributed by atoms with van der Waals surface area (Å²) in [5.74, 6) is 0.270. The van der Waals surface area contributed by atoms with Crippen LogP contribution in [0.2, 0.25) is 0 Å². The molecule has 0 spiro atoms. The summed E-state index contributed by atoms with van der Waals surface area (Å²) in [4.78, 5) is 16.5. The molecular weight excluding hydrogens is 190 g/mol. The van der Waals surface area contributed by atoms with Crippen molar-refractivity contribution >= 4 is 5.91 Å². The Balaban J connectivity index is 2.08. The van der Waals surface area contributed by atoms with E-state index in [0.717, 1.165) is 32.5 Å². The second-order valence-electron chi connectivity index (χ2n) is 4.66. The van der Waals surface area contributed by atoms with Crippen LogP contribution in [0.1, 0.15) is 26.2 Å². The molecule has 2 atom stereocenters. The van der Waals surface area contributed by atoms with Gasteiger partial charge in [-0.15, -0.1) is 0 Å². The molecule has 0 aromatic rings. The molecule has 0 bridgehead atoms. The molecule has 0 aromatic heterocycles. The van der Waals surface area contributed by atoms with E-state index in [2.05, 4.69) is 22.2 Å². The fourth-order valence-corrected chi connectivity index (χ4v) is 2.60. The molecule has 2 fully saturated rings. The predicted octanol–water partition coefficient (Wildman–Crippen LogP) is 0.249. The zero-order valence-corrected chi connectivity index (χ0v) is 9.70. The Hall–Kier alpha value is -0.610. The Morgan fingerprint density at radius 1 is 1.33 bits per heavy atom. The highest BCUT2D eigenvalue weighted by atomic mass is 16.2. The second kappa shape index (κ2) is 4.49. The van der Waals surface area contributed by atoms with Crippen LogP contribution < -0.4 is 5.32 Å². The normalized spacial score (nSPS) is 34.5. The van der Waals surface area contributed by atoms with Crippen molar-refractivity contribution in [2.24, 2.45) is 0 Å². The number of hydrogen-bond donors (Lipinski definition) is 1. The fourth-order valence-electron chi connectivity index (χ4n) is 2.60. The molecule has 1 N–H and O–H groups in total. The lowest BCUT2D eigenvalue weighted by molar-refractivity contribution is -0.137. The quantitative estimate of drug-likeness (QED) is 0.675. The molecule has 2 aliphatic rings. The fraction of sp³-hybridized carbons (Fsp3) is 0.909.